The number of hydrogen-bond acceptors (Lipinski definition) is 5. The molecule has 0 aromatic carbocycles. The molecule has 7 nitrogen and oxygen atoms in total. The summed E-state index contributed by atoms with van der Waals surface area (Å²) in [5, 5.41) is 3.32. The molecular weight excluding hydrogens is 366 g/mol. The molecule has 0 spiro atoms. The van der Waals surface area contributed by atoms with Gasteiger partial charge >= 0.3 is 0 Å². The zero-order valence-corrected chi connectivity index (χ0v) is 17.3. The minimum absolute atomic E-state index is 0.0164. The van der Waals surface area contributed by atoms with Crippen LogP contribution in [0.1, 0.15) is 19.0 Å². The Bertz CT molecular complexity index is 935. The molecule has 29 heavy (non-hydrogen) atoms. The highest BCUT2D eigenvalue weighted by Gasteiger charge is 2.25. The van der Waals surface area contributed by atoms with Gasteiger partial charge < -0.3 is 20.1 Å². The van der Waals surface area contributed by atoms with Gasteiger partial charge in [0.1, 0.15) is 5.69 Å². The van der Waals surface area contributed by atoms with Crippen LogP contribution in [0.2, 0.25) is 0 Å². The number of aromatic nitrogens is 2. The second-order valence-electron chi connectivity index (χ2n) is 7.60. The molecule has 3 heterocycles. The van der Waals surface area contributed by atoms with Crippen LogP contribution in [0.25, 0.3) is 11.1 Å². The second kappa shape index (κ2) is 9.52. The minimum Gasteiger partial charge on any atom is -0.376 e. The summed E-state index contributed by atoms with van der Waals surface area (Å²) >= 11 is 0. The van der Waals surface area contributed by atoms with Crippen molar-refractivity contribution in [1.29, 1.82) is 0 Å². The van der Waals surface area contributed by atoms with Crippen LogP contribution in [0.15, 0.2) is 47.5 Å². The van der Waals surface area contributed by atoms with Gasteiger partial charge in [0.2, 0.25) is 5.91 Å². The van der Waals surface area contributed by atoms with E-state index in [1.165, 1.54) is 0 Å². The van der Waals surface area contributed by atoms with Crippen LogP contribution in [-0.2, 0) is 11.2 Å². The van der Waals surface area contributed by atoms with Crippen LogP contribution in [-0.4, -0.2) is 65.4 Å². The van der Waals surface area contributed by atoms with Gasteiger partial charge in [-0.2, -0.15) is 0 Å². The summed E-state index contributed by atoms with van der Waals surface area (Å²) < 4.78 is 0. The van der Waals surface area contributed by atoms with Crippen LogP contribution < -0.4 is 10.9 Å². The number of H-pyrrole nitrogens is 1. The highest BCUT2D eigenvalue weighted by atomic mass is 16.2. The van der Waals surface area contributed by atoms with Crippen molar-refractivity contribution >= 4 is 11.6 Å². The number of rotatable bonds is 7. The number of carbonyl (C=O) groups excluding carboxylic acids is 1. The highest BCUT2D eigenvalue weighted by molar-refractivity contribution is 5.87. The van der Waals surface area contributed by atoms with E-state index in [4.69, 9.17) is 0 Å². The number of carbonyl (C=O) groups is 1. The van der Waals surface area contributed by atoms with Crippen molar-refractivity contribution in [3.63, 3.8) is 0 Å². The number of hydrogen-bond donors (Lipinski definition) is 2. The Morgan fingerprint density at radius 1 is 1.38 bits per heavy atom. The number of pyridine rings is 2. The maximum atomic E-state index is 12.3. The van der Waals surface area contributed by atoms with E-state index in [1.54, 1.807) is 18.5 Å². The number of aryl methyl sites for hydroxylation is 1. The van der Waals surface area contributed by atoms with Crippen molar-refractivity contribution in [1.82, 2.24) is 19.8 Å². The van der Waals surface area contributed by atoms with Gasteiger partial charge in [-0.1, -0.05) is 13.0 Å². The van der Waals surface area contributed by atoms with Crippen molar-refractivity contribution in [2.24, 2.45) is 0 Å². The van der Waals surface area contributed by atoms with Crippen LogP contribution in [0.3, 0.4) is 0 Å². The molecule has 2 aromatic heterocycles. The number of amides is 1. The van der Waals surface area contributed by atoms with E-state index in [0.29, 0.717) is 18.8 Å². The van der Waals surface area contributed by atoms with E-state index in [1.807, 2.05) is 48.2 Å². The lowest BCUT2D eigenvalue weighted by Gasteiger charge is -2.16. The first-order valence-corrected chi connectivity index (χ1v) is 10.0. The molecule has 0 radical (unpaired) electrons. The van der Waals surface area contributed by atoms with Gasteiger partial charge in [-0.3, -0.25) is 14.6 Å². The molecule has 1 fully saturated rings. The predicted molar refractivity (Wildman–Crippen MR) is 116 cm³/mol. The van der Waals surface area contributed by atoms with Gasteiger partial charge in [-0.25, -0.2) is 0 Å². The average molecular weight is 396 g/mol. The normalized spacial score (nSPS) is 16.7. The smallest absolute Gasteiger partial charge is 0.271 e. The molecule has 3 rings (SSSR count). The Kier molecular flexibility index (Phi) is 6.82. The molecular formula is C22H29N5O2. The molecule has 2 N–H and O–H groups in total. The van der Waals surface area contributed by atoms with Gasteiger partial charge in [0.05, 0.1) is 0 Å². The Balaban J connectivity index is 1.67. The number of likely N-dealkylation sites (tertiary alicyclic amines) is 1. The molecule has 0 saturated carbocycles. The van der Waals surface area contributed by atoms with E-state index in [2.05, 4.69) is 22.2 Å². The van der Waals surface area contributed by atoms with E-state index in [0.717, 1.165) is 36.2 Å². The average Bonchev–Trinajstić information content (AvgIpc) is 3.18. The molecule has 1 aliphatic heterocycles. The molecule has 1 amide bonds. The lowest BCUT2D eigenvalue weighted by molar-refractivity contribution is -0.125. The van der Waals surface area contributed by atoms with Crippen LogP contribution in [0.5, 0.6) is 0 Å². The lowest BCUT2D eigenvalue weighted by atomic mass is 10.1. The molecule has 0 aliphatic carbocycles. The fourth-order valence-electron chi connectivity index (χ4n) is 3.38. The Morgan fingerprint density at radius 2 is 2.21 bits per heavy atom. The minimum atomic E-state index is -0.158. The SMILES string of the molecule is CCc1cc(-c2c[nH]c(=O)c(N[C@@H]3CCN(C(=O)/C=C/CN(C)C)C3)c2)ccn1. The van der Waals surface area contributed by atoms with Gasteiger partial charge in [0.25, 0.3) is 5.56 Å². The molecule has 154 valence electrons. The van der Waals surface area contributed by atoms with Gasteiger partial charge in [0, 0.05) is 55.4 Å². The molecule has 1 saturated heterocycles. The summed E-state index contributed by atoms with van der Waals surface area (Å²) in [7, 11) is 3.93. The third-order valence-corrected chi connectivity index (χ3v) is 5.01. The molecule has 0 bridgehead atoms. The van der Waals surface area contributed by atoms with Crippen LogP contribution in [0, 0.1) is 0 Å². The maximum Gasteiger partial charge on any atom is 0.271 e. The summed E-state index contributed by atoms with van der Waals surface area (Å²) in [5.74, 6) is 0.0164. The van der Waals surface area contributed by atoms with Crippen molar-refractivity contribution in [3.05, 3.63) is 58.8 Å². The molecule has 1 atom stereocenters. The first-order chi connectivity index (χ1) is 14.0. The number of likely N-dealkylation sites (N-methyl/N-ethyl adjacent to an activating group) is 1. The van der Waals surface area contributed by atoms with Gasteiger partial charge in [-0.05, 0) is 50.7 Å². The largest absolute Gasteiger partial charge is 0.376 e. The first-order valence-electron chi connectivity index (χ1n) is 10.0. The highest BCUT2D eigenvalue weighted by Crippen LogP contribution is 2.22. The summed E-state index contributed by atoms with van der Waals surface area (Å²) in [6, 6.07) is 5.90. The quantitative estimate of drug-likeness (QED) is 0.702. The fourth-order valence-corrected chi connectivity index (χ4v) is 3.38. The number of aromatic amines is 1. The predicted octanol–water partition coefficient (Wildman–Crippen LogP) is 2.13. The van der Waals surface area contributed by atoms with Crippen molar-refractivity contribution in [2.45, 2.75) is 25.8 Å². The Labute approximate surface area is 171 Å². The molecule has 0 unspecified atom stereocenters. The topological polar surface area (TPSA) is 81.3 Å². The van der Waals surface area contributed by atoms with Gasteiger partial charge in [-0.15, -0.1) is 0 Å². The van der Waals surface area contributed by atoms with Gasteiger partial charge in [0.15, 0.2) is 0 Å². The van der Waals surface area contributed by atoms with Crippen LogP contribution in [0.4, 0.5) is 5.69 Å². The summed E-state index contributed by atoms with van der Waals surface area (Å²) in [6.07, 6.45) is 8.68. The van der Waals surface area contributed by atoms with E-state index < -0.39 is 0 Å². The monoisotopic (exact) mass is 395 g/mol. The number of nitrogens with zero attached hydrogens (tertiary/aromatic N) is 3. The number of nitrogens with one attached hydrogen (secondary N) is 2. The first kappa shape index (κ1) is 20.8. The summed E-state index contributed by atoms with van der Waals surface area (Å²) in [6.45, 7) is 4.07. The standard InChI is InChI=1S/C22H29N5O2/c1-4-18-12-16(7-9-23-18)17-13-20(22(29)24-14-17)25-19-8-11-27(15-19)21(28)6-5-10-26(2)3/h5-7,9,12-14,19,25H,4,8,10-11,15H2,1-3H3,(H,24,29)/b6-5+/t19-/m1/s1. The summed E-state index contributed by atoms with van der Waals surface area (Å²) in [5.41, 5.74) is 3.33. The van der Waals surface area contributed by atoms with E-state index in [-0.39, 0.29) is 17.5 Å². The van der Waals surface area contributed by atoms with Crippen molar-refractivity contribution < 1.29 is 4.79 Å². The van der Waals surface area contributed by atoms with E-state index in [9.17, 15) is 9.59 Å². The zero-order chi connectivity index (χ0) is 20.8. The molecule has 7 heteroatoms. The van der Waals surface area contributed by atoms with Crippen molar-refractivity contribution in [2.75, 3.05) is 39.0 Å². The third kappa shape index (κ3) is 5.54. The lowest BCUT2D eigenvalue weighted by Crippen LogP contribution is -2.31. The van der Waals surface area contributed by atoms with E-state index >= 15 is 0 Å². The van der Waals surface area contributed by atoms with Crippen LogP contribution >= 0.6 is 0 Å². The van der Waals surface area contributed by atoms with Crippen molar-refractivity contribution in [3.8, 4) is 11.1 Å². The number of anilines is 1. The molecule has 1 aliphatic rings. The Morgan fingerprint density at radius 3 is 2.97 bits per heavy atom. The maximum absolute atomic E-state index is 12.3. The summed E-state index contributed by atoms with van der Waals surface area (Å²) in [4.78, 5) is 35.6. The Hall–Kier alpha value is -2.93. The zero-order valence-electron chi connectivity index (χ0n) is 17.3. The fraction of sp³-hybridized carbons (Fsp3) is 0.409. The molecule has 2 aromatic rings. The second-order valence-corrected chi connectivity index (χ2v) is 7.60. The third-order valence-electron chi connectivity index (χ3n) is 5.01.